The molecule has 1 aromatic carbocycles. The molecule has 0 aromatic heterocycles. The van der Waals surface area contributed by atoms with Crippen LogP contribution in [0.25, 0.3) is 0 Å². The molecule has 0 aliphatic carbocycles. The van der Waals surface area contributed by atoms with Gasteiger partial charge in [0.2, 0.25) is 0 Å². The number of hydrogen-bond donors (Lipinski definition) is 0. The number of halogens is 2. The normalized spacial score (nSPS) is 16.9. The number of benzene rings is 1. The fraction of sp³-hybridized carbons (Fsp3) is 0.450. The van der Waals surface area contributed by atoms with Crippen molar-refractivity contribution in [2.24, 2.45) is 4.99 Å². The van der Waals surface area contributed by atoms with Crippen LogP contribution in [0.5, 0.6) is 0 Å². The van der Waals surface area contributed by atoms with Gasteiger partial charge in [-0.3, -0.25) is 0 Å². The van der Waals surface area contributed by atoms with Crippen molar-refractivity contribution in [3.63, 3.8) is 0 Å². The second-order valence-electron chi connectivity index (χ2n) is 6.23. The summed E-state index contributed by atoms with van der Waals surface area (Å²) in [6, 6.07) is 5.27. The lowest BCUT2D eigenvalue weighted by Crippen LogP contribution is -2.29. The van der Waals surface area contributed by atoms with E-state index in [2.05, 4.69) is 16.5 Å². The lowest BCUT2D eigenvalue weighted by molar-refractivity contribution is 0.290. The Balaban J connectivity index is 2.28. The minimum atomic E-state index is -0.187. The molecule has 130 valence electrons. The molecule has 2 rings (SSSR count). The van der Waals surface area contributed by atoms with E-state index in [1.807, 2.05) is 32.9 Å². The van der Waals surface area contributed by atoms with Crippen LogP contribution in [0.2, 0.25) is 0 Å². The minimum Gasteiger partial charge on any atom is -0.370 e. The summed E-state index contributed by atoms with van der Waals surface area (Å²) in [4.78, 5) is 6.91. The summed E-state index contributed by atoms with van der Waals surface area (Å²) >= 11 is 6.28. The molecule has 1 heterocycles. The van der Waals surface area contributed by atoms with Gasteiger partial charge in [-0.25, -0.2) is 9.38 Å². The lowest BCUT2D eigenvalue weighted by atomic mass is 10.1. The Morgan fingerprint density at radius 2 is 1.92 bits per heavy atom. The maximum atomic E-state index is 14.0. The molecule has 24 heavy (non-hydrogen) atoms. The maximum Gasteiger partial charge on any atom is 0.127 e. The van der Waals surface area contributed by atoms with E-state index in [0.717, 1.165) is 30.1 Å². The Morgan fingerprint density at radius 3 is 2.46 bits per heavy atom. The minimum absolute atomic E-state index is 0.187. The van der Waals surface area contributed by atoms with Crippen LogP contribution in [0, 0.1) is 5.82 Å². The molecule has 4 heteroatoms. The summed E-state index contributed by atoms with van der Waals surface area (Å²) in [5.41, 5.74) is 3.77. The van der Waals surface area contributed by atoms with Crippen LogP contribution in [0.4, 0.5) is 4.39 Å². The smallest absolute Gasteiger partial charge is 0.127 e. The molecule has 1 aliphatic heterocycles. The number of piperidine rings is 1. The number of allylic oxidation sites excluding steroid dienone is 1. The Hall–Kier alpha value is -1.61. The largest absolute Gasteiger partial charge is 0.370 e. The molecule has 2 nitrogen and oxygen atoms in total. The van der Waals surface area contributed by atoms with Crippen molar-refractivity contribution in [3.8, 4) is 0 Å². The van der Waals surface area contributed by atoms with Gasteiger partial charge >= 0.3 is 0 Å². The average Bonchev–Trinajstić information content (AvgIpc) is 2.59. The highest BCUT2D eigenvalue weighted by atomic mass is 35.5. The zero-order valence-corrected chi connectivity index (χ0v) is 15.6. The van der Waals surface area contributed by atoms with Gasteiger partial charge in [-0.15, -0.1) is 0 Å². The molecule has 0 atom stereocenters. The number of nitrogens with zero attached hydrogens (tertiary/aromatic N) is 2. The predicted molar refractivity (Wildman–Crippen MR) is 101 cm³/mol. The van der Waals surface area contributed by atoms with Gasteiger partial charge in [-0.2, -0.15) is 0 Å². The molecule has 0 spiro atoms. The van der Waals surface area contributed by atoms with Gasteiger partial charge in [-0.05, 0) is 56.7 Å². The van der Waals surface area contributed by atoms with E-state index in [1.54, 1.807) is 6.07 Å². The second-order valence-corrected chi connectivity index (χ2v) is 6.80. The average molecular weight is 349 g/mol. The van der Waals surface area contributed by atoms with Crippen LogP contribution in [-0.2, 0) is 6.42 Å². The quantitative estimate of drug-likeness (QED) is 0.494. The van der Waals surface area contributed by atoms with E-state index >= 15 is 0 Å². The third kappa shape index (κ3) is 4.47. The highest BCUT2D eigenvalue weighted by molar-refractivity contribution is 6.30. The maximum absolute atomic E-state index is 14.0. The van der Waals surface area contributed by atoms with E-state index < -0.39 is 0 Å². The molecule has 0 amide bonds. The van der Waals surface area contributed by atoms with Crippen molar-refractivity contribution in [1.29, 1.82) is 0 Å². The molecular weight excluding hydrogens is 323 g/mol. The highest BCUT2D eigenvalue weighted by Gasteiger charge is 2.17. The van der Waals surface area contributed by atoms with Gasteiger partial charge in [0.15, 0.2) is 0 Å². The second kappa shape index (κ2) is 8.48. The molecule has 1 aliphatic rings. The highest BCUT2D eigenvalue weighted by Crippen LogP contribution is 2.25. The number of aliphatic imine (C=N–C) groups is 1. The summed E-state index contributed by atoms with van der Waals surface area (Å²) in [6.07, 6.45) is 4.27. The van der Waals surface area contributed by atoms with E-state index in [4.69, 9.17) is 11.6 Å². The van der Waals surface area contributed by atoms with Gasteiger partial charge in [0.1, 0.15) is 11.5 Å². The molecule has 0 N–H and O–H groups in total. The molecule has 0 unspecified atom stereocenters. The fourth-order valence-electron chi connectivity index (χ4n) is 2.95. The molecule has 1 fully saturated rings. The van der Waals surface area contributed by atoms with Crippen molar-refractivity contribution in [3.05, 3.63) is 58.1 Å². The Kier molecular flexibility index (Phi) is 6.61. The van der Waals surface area contributed by atoms with Gasteiger partial charge in [0, 0.05) is 23.8 Å². The first-order chi connectivity index (χ1) is 11.4. The molecule has 1 aromatic rings. The van der Waals surface area contributed by atoms with Gasteiger partial charge in [0.25, 0.3) is 0 Å². The Labute approximate surface area is 149 Å². The van der Waals surface area contributed by atoms with Gasteiger partial charge in [0.05, 0.1) is 5.70 Å². The van der Waals surface area contributed by atoms with Crippen molar-refractivity contribution in [1.82, 2.24) is 4.90 Å². The van der Waals surface area contributed by atoms with Crippen LogP contribution in [0.15, 0.2) is 46.2 Å². The van der Waals surface area contributed by atoms with E-state index in [0.29, 0.717) is 22.7 Å². The Bertz CT molecular complexity index is 666. The van der Waals surface area contributed by atoms with Crippen molar-refractivity contribution in [2.45, 2.75) is 46.5 Å². The summed E-state index contributed by atoms with van der Waals surface area (Å²) in [7, 11) is 0. The van der Waals surface area contributed by atoms with Crippen LogP contribution in [0.1, 0.15) is 51.2 Å². The first kappa shape index (κ1) is 18.7. The van der Waals surface area contributed by atoms with E-state index in [9.17, 15) is 4.39 Å². The standard InChI is InChI=1S/C20H26ClFN2/c1-5-17-9-10-18(13-19(17)22)15(3)23-20(14(2)21)16(4)24-11-7-6-8-12-24/h9-10,13H,4-8,11-12H2,1-3H3/b20-14+,23-15?. The van der Waals surface area contributed by atoms with Gasteiger partial charge < -0.3 is 4.90 Å². The van der Waals surface area contributed by atoms with Crippen LogP contribution >= 0.6 is 11.6 Å². The van der Waals surface area contributed by atoms with Gasteiger partial charge in [-0.1, -0.05) is 37.2 Å². The lowest BCUT2D eigenvalue weighted by Gasteiger charge is -2.30. The summed E-state index contributed by atoms with van der Waals surface area (Å²) in [6.45, 7) is 11.8. The zero-order valence-electron chi connectivity index (χ0n) is 14.8. The SMILES string of the molecule is C=C(/C(N=C(C)c1ccc(CC)c(F)c1)=C(/C)Cl)N1CCCCC1. The number of rotatable bonds is 5. The van der Waals surface area contributed by atoms with Crippen LogP contribution in [0.3, 0.4) is 0 Å². The topological polar surface area (TPSA) is 15.6 Å². The summed E-state index contributed by atoms with van der Waals surface area (Å²) < 4.78 is 14.0. The van der Waals surface area contributed by atoms with Crippen molar-refractivity contribution < 1.29 is 4.39 Å². The first-order valence-corrected chi connectivity index (χ1v) is 8.96. The summed E-state index contributed by atoms with van der Waals surface area (Å²) in [5, 5.41) is 0.607. The molecule has 0 radical (unpaired) electrons. The Morgan fingerprint density at radius 1 is 1.25 bits per heavy atom. The van der Waals surface area contributed by atoms with E-state index in [-0.39, 0.29) is 5.82 Å². The predicted octanol–water partition coefficient (Wildman–Crippen LogP) is 5.67. The molecule has 0 saturated carbocycles. The zero-order chi connectivity index (χ0) is 17.7. The molecular formula is C20H26ClFN2. The van der Waals surface area contributed by atoms with Crippen molar-refractivity contribution in [2.75, 3.05) is 13.1 Å². The monoisotopic (exact) mass is 348 g/mol. The number of aryl methyl sites for hydroxylation is 1. The van der Waals surface area contributed by atoms with Crippen LogP contribution in [-0.4, -0.2) is 23.7 Å². The number of hydrogen-bond acceptors (Lipinski definition) is 2. The fourth-order valence-corrected chi connectivity index (χ4v) is 3.10. The van der Waals surface area contributed by atoms with Crippen LogP contribution < -0.4 is 0 Å². The summed E-state index contributed by atoms with van der Waals surface area (Å²) in [5.74, 6) is -0.187. The molecule has 1 saturated heterocycles. The third-order valence-electron chi connectivity index (χ3n) is 4.47. The van der Waals surface area contributed by atoms with E-state index in [1.165, 1.54) is 19.3 Å². The molecule has 0 bridgehead atoms. The first-order valence-electron chi connectivity index (χ1n) is 8.58. The van der Waals surface area contributed by atoms with Crippen molar-refractivity contribution >= 4 is 17.3 Å². The number of likely N-dealkylation sites (tertiary alicyclic amines) is 1. The third-order valence-corrected chi connectivity index (χ3v) is 4.65.